The van der Waals surface area contributed by atoms with Crippen LogP contribution in [0.3, 0.4) is 0 Å². The van der Waals surface area contributed by atoms with E-state index in [4.69, 9.17) is 4.74 Å². The van der Waals surface area contributed by atoms with Crippen molar-refractivity contribution in [2.45, 2.75) is 84.1 Å². The van der Waals surface area contributed by atoms with Crippen LogP contribution in [0.15, 0.2) is 0 Å². The lowest BCUT2D eigenvalue weighted by atomic mass is 10.1. The highest BCUT2D eigenvalue weighted by molar-refractivity contribution is 5.77. The van der Waals surface area contributed by atoms with Gasteiger partial charge in [0.15, 0.2) is 6.10 Å². The van der Waals surface area contributed by atoms with Gasteiger partial charge in [0.05, 0.1) is 18.9 Å². The summed E-state index contributed by atoms with van der Waals surface area (Å²) in [6.07, 6.45) is -2.71. The summed E-state index contributed by atoms with van der Waals surface area (Å²) in [5, 5.41) is 0. The molecule has 0 saturated carbocycles. The molecule has 2 atom stereocenters. The number of alkyl halides is 3. The van der Waals surface area contributed by atoms with Gasteiger partial charge in [0, 0.05) is 0 Å². The van der Waals surface area contributed by atoms with Gasteiger partial charge in [-0.3, -0.25) is 9.59 Å². The van der Waals surface area contributed by atoms with Crippen LogP contribution in [0.2, 0.25) is 0 Å². The van der Waals surface area contributed by atoms with Crippen LogP contribution in [-0.4, -0.2) is 30.3 Å². The molecule has 0 fully saturated rings. The maximum atomic E-state index is 12.2. The molecule has 22 heavy (non-hydrogen) atoms. The summed E-state index contributed by atoms with van der Waals surface area (Å²) >= 11 is 0. The number of hydrogen-bond donors (Lipinski definition) is 0. The van der Waals surface area contributed by atoms with Crippen molar-refractivity contribution in [1.82, 2.24) is 0 Å². The van der Waals surface area contributed by atoms with E-state index in [1.807, 2.05) is 0 Å². The van der Waals surface area contributed by atoms with Crippen molar-refractivity contribution in [2.24, 2.45) is 0 Å². The summed E-state index contributed by atoms with van der Waals surface area (Å²) in [6.45, 7) is 4.60. The van der Waals surface area contributed by atoms with E-state index in [1.165, 1.54) is 0 Å². The highest BCUT2D eigenvalue weighted by atomic mass is 19.4. The predicted octanol–water partition coefficient (Wildman–Crippen LogP) is 4.16. The third kappa shape index (κ3) is 10.5. The van der Waals surface area contributed by atoms with Crippen LogP contribution in [-0.2, 0) is 19.1 Å². The molecule has 4 nitrogen and oxygen atoms in total. The van der Waals surface area contributed by atoms with Gasteiger partial charge < -0.3 is 9.47 Å². The average Bonchev–Trinajstić information content (AvgIpc) is 2.40. The summed E-state index contributed by atoms with van der Waals surface area (Å²) in [5.41, 5.74) is 0. The molecule has 0 rings (SSSR count). The average molecular weight is 326 g/mol. The first-order valence-corrected chi connectivity index (χ1v) is 7.62. The highest BCUT2D eigenvalue weighted by Crippen LogP contribution is 2.22. The Morgan fingerprint density at radius 2 is 1.50 bits per heavy atom. The fourth-order valence-electron chi connectivity index (χ4n) is 1.73. The molecular weight excluding hydrogens is 301 g/mol. The fraction of sp³-hybridized carbons (Fsp3) is 0.867. The lowest BCUT2D eigenvalue weighted by Crippen LogP contribution is -2.31. The Morgan fingerprint density at radius 1 is 0.955 bits per heavy atom. The molecule has 2 unspecified atom stereocenters. The smallest absolute Gasteiger partial charge is 0.425 e. The molecule has 0 aromatic rings. The minimum atomic E-state index is -4.59. The Morgan fingerprint density at radius 3 is 2.00 bits per heavy atom. The van der Waals surface area contributed by atoms with Crippen LogP contribution in [0.25, 0.3) is 0 Å². The monoisotopic (exact) mass is 326 g/mol. The first-order chi connectivity index (χ1) is 10.2. The number of carbonyl (C=O) groups is 2. The van der Waals surface area contributed by atoms with Crippen LogP contribution in [0, 0.1) is 0 Å². The van der Waals surface area contributed by atoms with E-state index in [2.05, 4.69) is 11.7 Å². The van der Waals surface area contributed by atoms with E-state index in [0.717, 1.165) is 39.0 Å². The number of rotatable bonds is 10. The van der Waals surface area contributed by atoms with Crippen LogP contribution >= 0.6 is 0 Å². The molecule has 0 saturated heterocycles. The highest BCUT2D eigenvalue weighted by Gasteiger charge is 2.39. The quantitative estimate of drug-likeness (QED) is 0.447. The fourth-order valence-corrected chi connectivity index (χ4v) is 1.73. The van der Waals surface area contributed by atoms with E-state index < -0.39 is 30.6 Å². The Hall–Kier alpha value is -1.27. The lowest BCUT2D eigenvalue weighted by molar-refractivity contribution is -0.216. The van der Waals surface area contributed by atoms with E-state index >= 15 is 0 Å². The molecule has 0 aromatic carbocycles. The summed E-state index contributed by atoms with van der Waals surface area (Å²) in [4.78, 5) is 22.7. The van der Waals surface area contributed by atoms with Gasteiger partial charge in [-0.1, -0.05) is 26.2 Å². The van der Waals surface area contributed by atoms with Crippen molar-refractivity contribution in [2.75, 3.05) is 0 Å². The minimum absolute atomic E-state index is 0.255. The number of esters is 2. The molecule has 0 amide bonds. The molecule has 0 aliphatic rings. The molecule has 130 valence electrons. The first-order valence-electron chi connectivity index (χ1n) is 7.62. The van der Waals surface area contributed by atoms with E-state index in [0.29, 0.717) is 0 Å². The van der Waals surface area contributed by atoms with Crippen LogP contribution in [0.5, 0.6) is 0 Å². The molecule has 0 spiro atoms. The zero-order valence-electron chi connectivity index (χ0n) is 13.4. The maximum absolute atomic E-state index is 12.2. The molecule has 7 heteroatoms. The Kier molecular flexibility index (Phi) is 9.85. The summed E-state index contributed by atoms with van der Waals surface area (Å²) in [7, 11) is 0. The van der Waals surface area contributed by atoms with Crippen LogP contribution in [0.4, 0.5) is 13.2 Å². The minimum Gasteiger partial charge on any atom is -0.463 e. The van der Waals surface area contributed by atoms with Gasteiger partial charge in [0.25, 0.3) is 0 Å². The first kappa shape index (κ1) is 20.7. The number of hydrogen-bond acceptors (Lipinski definition) is 4. The SMILES string of the molecule is CCCCCCC(C)OC(=O)CCC(=O)OC(C)C(F)(F)F. The van der Waals surface area contributed by atoms with E-state index in [-0.39, 0.29) is 12.5 Å². The lowest BCUT2D eigenvalue weighted by Gasteiger charge is -2.16. The second kappa shape index (κ2) is 10.5. The molecular formula is C15H25F3O4. The molecule has 0 heterocycles. The Labute approximate surface area is 129 Å². The molecule has 0 aliphatic carbocycles. The topological polar surface area (TPSA) is 52.6 Å². The van der Waals surface area contributed by atoms with Gasteiger partial charge in [0.1, 0.15) is 0 Å². The predicted molar refractivity (Wildman–Crippen MR) is 75.2 cm³/mol. The molecule has 0 radical (unpaired) electrons. The standard InChI is InChI=1S/C15H25F3O4/c1-4-5-6-7-8-11(2)21-13(19)9-10-14(20)22-12(3)15(16,17)18/h11-12H,4-10H2,1-3H3. The van der Waals surface area contributed by atoms with Crippen molar-refractivity contribution >= 4 is 11.9 Å². The Balaban J connectivity index is 3.86. The molecule has 0 aliphatic heterocycles. The molecule has 0 aromatic heterocycles. The van der Waals surface area contributed by atoms with Gasteiger partial charge in [-0.05, 0) is 26.7 Å². The van der Waals surface area contributed by atoms with Crippen molar-refractivity contribution < 1.29 is 32.2 Å². The maximum Gasteiger partial charge on any atom is 0.425 e. The molecule has 0 N–H and O–H groups in total. The summed E-state index contributed by atoms with van der Waals surface area (Å²) < 4.78 is 45.8. The number of halogens is 3. The summed E-state index contributed by atoms with van der Waals surface area (Å²) in [6, 6.07) is 0. The second-order valence-electron chi connectivity index (χ2n) is 5.32. The van der Waals surface area contributed by atoms with Gasteiger partial charge in [-0.2, -0.15) is 13.2 Å². The van der Waals surface area contributed by atoms with Crippen molar-refractivity contribution in [1.29, 1.82) is 0 Å². The van der Waals surface area contributed by atoms with E-state index in [1.54, 1.807) is 6.92 Å². The second-order valence-corrected chi connectivity index (χ2v) is 5.32. The largest absolute Gasteiger partial charge is 0.463 e. The van der Waals surface area contributed by atoms with Crippen molar-refractivity contribution in [3.8, 4) is 0 Å². The zero-order valence-corrected chi connectivity index (χ0v) is 13.4. The number of unbranched alkanes of at least 4 members (excludes halogenated alkanes) is 3. The van der Waals surface area contributed by atoms with Gasteiger partial charge in [0.2, 0.25) is 0 Å². The number of ether oxygens (including phenoxy) is 2. The molecule has 0 bridgehead atoms. The van der Waals surface area contributed by atoms with Gasteiger partial charge >= 0.3 is 18.1 Å². The Bertz CT molecular complexity index is 342. The van der Waals surface area contributed by atoms with Crippen LogP contribution < -0.4 is 0 Å². The summed E-state index contributed by atoms with van der Waals surface area (Å²) in [5.74, 6) is -1.66. The third-order valence-electron chi connectivity index (χ3n) is 3.10. The van der Waals surface area contributed by atoms with Crippen molar-refractivity contribution in [3.05, 3.63) is 0 Å². The van der Waals surface area contributed by atoms with Crippen LogP contribution in [0.1, 0.15) is 65.7 Å². The third-order valence-corrected chi connectivity index (χ3v) is 3.10. The number of carbonyl (C=O) groups excluding carboxylic acids is 2. The van der Waals surface area contributed by atoms with Gasteiger partial charge in [-0.15, -0.1) is 0 Å². The normalized spacial score (nSPS) is 14.3. The van der Waals surface area contributed by atoms with Gasteiger partial charge in [-0.25, -0.2) is 0 Å². The van der Waals surface area contributed by atoms with Crippen molar-refractivity contribution in [3.63, 3.8) is 0 Å². The zero-order chi connectivity index (χ0) is 17.2. The van der Waals surface area contributed by atoms with E-state index in [9.17, 15) is 22.8 Å².